The molecule has 4 heterocycles. The van der Waals surface area contributed by atoms with E-state index in [2.05, 4.69) is 347 Å². The molecule has 0 atom stereocenters. The molecule has 0 N–H and O–H groups in total. The summed E-state index contributed by atoms with van der Waals surface area (Å²) >= 11 is 0. The standard InChI is InChI=1S/C90H57N5/c91-57-79-86(89(75-40-14-11-33-68(75)60-27-6-2-7-28-60)90(76-41-15-12-34-69(76)61-29-8-3-9-30-61)87(63-31-24-54-92-58-63)88(79)74-39-13-10-32-67(74)59-25-4-1-5-26-59)62-46-48-64(49-47-62)93-84-52-50-65(94-80-42-20-16-35-70(80)71-36-17-21-43-81(71)94)55-77(84)78-56-66(51-53-85(78)93)95-82-44-22-18-37-72(82)73-38-19-23-45-83(73)95/h1-56,58H. The molecule has 0 fully saturated rings. The van der Waals surface area contributed by atoms with Gasteiger partial charge in [0.25, 0.3) is 0 Å². The molecule has 4 aromatic heterocycles. The number of hydrogen-bond acceptors (Lipinski definition) is 2. The third kappa shape index (κ3) is 8.96. The number of nitriles is 1. The van der Waals surface area contributed by atoms with Crippen molar-refractivity contribution in [3.05, 3.63) is 352 Å². The van der Waals surface area contributed by atoms with E-state index in [0.29, 0.717) is 5.56 Å². The van der Waals surface area contributed by atoms with Crippen LogP contribution in [0.25, 0.3) is 171 Å². The Kier molecular flexibility index (Phi) is 13.2. The highest BCUT2D eigenvalue weighted by atomic mass is 15.0. The molecule has 0 aliphatic rings. The van der Waals surface area contributed by atoms with E-state index in [4.69, 9.17) is 4.98 Å². The predicted octanol–water partition coefficient (Wildman–Crippen LogP) is 23.6. The van der Waals surface area contributed by atoms with Gasteiger partial charge in [-0.25, -0.2) is 0 Å². The number of rotatable bonds is 11. The lowest BCUT2D eigenvalue weighted by Crippen LogP contribution is -2.04. The van der Waals surface area contributed by atoms with Crippen LogP contribution in [0.15, 0.2) is 346 Å². The van der Waals surface area contributed by atoms with Crippen molar-refractivity contribution in [2.24, 2.45) is 0 Å². The molecule has 0 amide bonds. The molecule has 442 valence electrons. The van der Waals surface area contributed by atoms with Gasteiger partial charge in [0.15, 0.2) is 0 Å². The Balaban J connectivity index is 0.941. The smallest absolute Gasteiger partial charge is 0.100 e. The van der Waals surface area contributed by atoms with Gasteiger partial charge in [0.05, 0.1) is 38.7 Å². The normalized spacial score (nSPS) is 11.6. The zero-order valence-electron chi connectivity index (χ0n) is 51.6. The molecule has 0 aliphatic heterocycles. The summed E-state index contributed by atoms with van der Waals surface area (Å²) in [5, 5.41) is 19.7. The fraction of sp³-hybridized carbons (Fsp3) is 0. The number of para-hydroxylation sites is 4. The summed E-state index contributed by atoms with van der Waals surface area (Å²) in [6.07, 6.45) is 3.79. The predicted molar refractivity (Wildman–Crippen MR) is 395 cm³/mol. The Morgan fingerprint density at radius 1 is 0.232 bits per heavy atom. The Bertz CT molecular complexity index is 5790. The van der Waals surface area contributed by atoms with Crippen molar-refractivity contribution in [3.8, 4) is 112 Å². The quantitative estimate of drug-likeness (QED) is 0.130. The van der Waals surface area contributed by atoms with Crippen LogP contribution in [0.1, 0.15) is 5.56 Å². The monoisotopic (exact) mass is 1210 g/mol. The first kappa shape index (κ1) is 55.0. The summed E-state index contributed by atoms with van der Waals surface area (Å²) in [4.78, 5) is 4.87. The molecule has 18 aromatic rings. The van der Waals surface area contributed by atoms with Gasteiger partial charge in [-0.1, -0.05) is 255 Å². The van der Waals surface area contributed by atoms with E-state index in [9.17, 15) is 5.26 Å². The van der Waals surface area contributed by atoms with Crippen molar-refractivity contribution >= 4 is 65.4 Å². The van der Waals surface area contributed by atoms with Crippen LogP contribution in [0, 0.1) is 11.3 Å². The molecule has 14 aromatic carbocycles. The zero-order valence-corrected chi connectivity index (χ0v) is 51.6. The fourth-order valence-corrected chi connectivity index (χ4v) is 15.2. The van der Waals surface area contributed by atoms with Crippen LogP contribution in [0.3, 0.4) is 0 Å². The van der Waals surface area contributed by atoms with Gasteiger partial charge < -0.3 is 13.7 Å². The van der Waals surface area contributed by atoms with Crippen LogP contribution < -0.4 is 0 Å². The maximum atomic E-state index is 12.6. The molecule has 5 nitrogen and oxygen atoms in total. The van der Waals surface area contributed by atoms with E-state index in [1.807, 2.05) is 18.5 Å². The van der Waals surface area contributed by atoms with E-state index < -0.39 is 0 Å². The van der Waals surface area contributed by atoms with Crippen LogP contribution in [-0.2, 0) is 0 Å². The Labute approximate surface area is 549 Å². The number of aromatic nitrogens is 4. The van der Waals surface area contributed by atoms with Gasteiger partial charge in [-0.15, -0.1) is 0 Å². The largest absolute Gasteiger partial charge is 0.309 e. The van der Waals surface area contributed by atoms with Gasteiger partial charge in [-0.3, -0.25) is 4.98 Å². The number of fused-ring (bicyclic) bond motifs is 9. The van der Waals surface area contributed by atoms with Crippen LogP contribution in [0.2, 0.25) is 0 Å². The Hall–Kier alpha value is -12.9. The minimum Gasteiger partial charge on any atom is -0.309 e. The molecule has 95 heavy (non-hydrogen) atoms. The minimum absolute atomic E-state index is 0.561. The van der Waals surface area contributed by atoms with Crippen molar-refractivity contribution < 1.29 is 0 Å². The van der Waals surface area contributed by atoms with Gasteiger partial charge in [0, 0.05) is 84.0 Å². The minimum atomic E-state index is 0.561. The van der Waals surface area contributed by atoms with E-state index in [-0.39, 0.29) is 0 Å². The topological polar surface area (TPSA) is 51.5 Å². The first-order valence-corrected chi connectivity index (χ1v) is 32.3. The van der Waals surface area contributed by atoms with Crippen LogP contribution in [-0.4, -0.2) is 18.7 Å². The Morgan fingerprint density at radius 2 is 0.558 bits per heavy atom. The summed E-state index contributed by atoms with van der Waals surface area (Å²) in [5.74, 6) is 0. The SMILES string of the molecule is N#Cc1c(-c2ccc(-n3c4ccc(-n5c6ccccc6c6ccccc65)cc4c4cc(-n5c6ccccc6c6ccccc65)ccc43)cc2)c(-c2ccccc2-c2ccccc2)c(-c2ccccc2-c2ccccc2)c(-c2cccnc2)c1-c1ccccc1-c1ccccc1. The van der Waals surface area contributed by atoms with E-state index >= 15 is 0 Å². The molecule has 0 saturated heterocycles. The molecule has 0 spiro atoms. The number of hydrogen-bond donors (Lipinski definition) is 0. The molecular weight excluding hydrogens is 1150 g/mol. The van der Waals surface area contributed by atoms with Gasteiger partial charge in [0.1, 0.15) is 6.07 Å². The summed E-state index contributed by atoms with van der Waals surface area (Å²) in [7, 11) is 0. The van der Waals surface area contributed by atoms with Gasteiger partial charge >= 0.3 is 0 Å². The van der Waals surface area contributed by atoms with Crippen molar-refractivity contribution in [2.75, 3.05) is 0 Å². The van der Waals surface area contributed by atoms with Crippen molar-refractivity contribution in [2.45, 2.75) is 0 Å². The number of nitrogens with zero attached hydrogens (tertiary/aromatic N) is 5. The van der Waals surface area contributed by atoms with Gasteiger partial charge in [0.2, 0.25) is 0 Å². The van der Waals surface area contributed by atoms with Crippen LogP contribution in [0.4, 0.5) is 0 Å². The zero-order chi connectivity index (χ0) is 62.9. The van der Waals surface area contributed by atoms with Crippen LogP contribution in [0.5, 0.6) is 0 Å². The average molecular weight is 1210 g/mol. The molecule has 0 saturated carbocycles. The molecule has 0 bridgehead atoms. The van der Waals surface area contributed by atoms with Crippen molar-refractivity contribution in [1.29, 1.82) is 5.26 Å². The summed E-state index contributed by atoms with van der Waals surface area (Å²) in [6.45, 7) is 0. The van der Waals surface area contributed by atoms with Crippen molar-refractivity contribution in [1.82, 2.24) is 18.7 Å². The highest BCUT2D eigenvalue weighted by Gasteiger charge is 2.32. The Morgan fingerprint density at radius 3 is 0.958 bits per heavy atom. The summed E-state index contributed by atoms with van der Waals surface area (Å²) < 4.78 is 7.25. The van der Waals surface area contributed by atoms with E-state index in [0.717, 1.165) is 150 Å². The third-order valence-corrected chi connectivity index (χ3v) is 19.2. The molecular formula is C90H57N5. The lowest BCUT2D eigenvalue weighted by atomic mass is 9.73. The molecule has 5 heteroatoms. The van der Waals surface area contributed by atoms with E-state index in [1.54, 1.807) is 0 Å². The van der Waals surface area contributed by atoms with E-state index in [1.165, 1.54) is 21.5 Å². The van der Waals surface area contributed by atoms with Gasteiger partial charge in [-0.05, 0) is 146 Å². The van der Waals surface area contributed by atoms with Gasteiger partial charge in [-0.2, -0.15) is 5.26 Å². The average Bonchev–Trinajstić information content (AvgIpc) is 1.50. The first-order valence-electron chi connectivity index (χ1n) is 32.3. The maximum absolute atomic E-state index is 12.6. The third-order valence-electron chi connectivity index (χ3n) is 19.2. The first-order chi connectivity index (χ1) is 47.2. The van der Waals surface area contributed by atoms with Crippen molar-refractivity contribution in [3.63, 3.8) is 0 Å². The summed E-state index contributed by atoms with van der Waals surface area (Å²) in [5.41, 5.74) is 26.2. The second kappa shape index (κ2) is 22.8. The molecule has 0 aliphatic carbocycles. The second-order valence-electron chi connectivity index (χ2n) is 24.4. The highest BCUT2D eigenvalue weighted by molar-refractivity contribution is 6.17. The number of benzene rings is 14. The fourth-order valence-electron chi connectivity index (χ4n) is 15.2. The maximum Gasteiger partial charge on any atom is 0.100 e. The molecule has 0 radical (unpaired) electrons. The number of pyridine rings is 1. The molecule has 0 unspecified atom stereocenters. The molecule has 18 rings (SSSR count). The lowest BCUT2D eigenvalue weighted by molar-refractivity contribution is 1.16. The van der Waals surface area contributed by atoms with Crippen LogP contribution >= 0.6 is 0 Å². The lowest BCUT2D eigenvalue weighted by Gasteiger charge is -2.28. The summed E-state index contributed by atoms with van der Waals surface area (Å²) in [6, 6.07) is 123. The highest BCUT2D eigenvalue weighted by Crippen LogP contribution is 2.57. The second-order valence-corrected chi connectivity index (χ2v) is 24.4.